The van der Waals surface area contributed by atoms with Crippen LogP contribution in [-0.2, 0) is 9.59 Å². The maximum atomic E-state index is 11.6. The molecule has 2 rings (SSSR count). The van der Waals surface area contributed by atoms with E-state index in [4.69, 9.17) is 5.11 Å². The Morgan fingerprint density at radius 3 is 2.19 bits per heavy atom. The van der Waals surface area contributed by atoms with Gasteiger partial charge < -0.3 is 10.2 Å². The minimum absolute atomic E-state index is 0.0938. The molecule has 1 fully saturated rings. The Kier molecular flexibility index (Phi) is 4.78. The molecule has 0 bridgehead atoms. The lowest BCUT2D eigenvalue weighted by atomic mass is 9.80. The van der Waals surface area contributed by atoms with E-state index in [-0.39, 0.29) is 11.1 Å². The van der Waals surface area contributed by atoms with Crippen LogP contribution in [0.1, 0.15) is 56.1 Å². The standard InChI is InChI=1S/C17H20O4/c1-11(16(18)19)15(17(20)21)14-10-6-5-9-13(14)12-7-3-2-4-8-12/h5-6,9-10,12H,2-4,7-8H2,1H3,(H,18,19)(H,20,21)/b15-11+. The van der Waals surface area contributed by atoms with Gasteiger partial charge in [-0.1, -0.05) is 43.5 Å². The Morgan fingerprint density at radius 1 is 1.00 bits per heavy atom. The number of rotatable bonds is 4. The Morgan fingerprint density at radius 2 is 1.62 bits per heavy atom. The number of hydrogen-bond acceptors (Lipinski definition) is 2. The number of carboxylic acid groups (broad SMARTS) is 2. The van der Waals surface area contributed by atoms with Crippen molar-refractivity contribution in [2.75, 3.05) is 0 Å². The van der Waals surface area contributed by atoms with E-state index in [1.807, 2.05) is 12.1 Å². The molecule has 4 heteroatoms. The van der Waals surface area contributed by atoms with Gasteiger partial charge in [0.2, 0.25) is 0 Å². The van der Waals surface area contributed by atoms with Gasteiger partial charge in [-0.25, -0.2) is 9.59 Å². The average Bonchev–Trinajstić information content (AvgIpc) is 2.48. The molecule has 21 heavy (non-hydrogen) atoms. The zero-order chi connectivity index (χ0) is 15.4. The molecule has 0 amide bonds. The first-order valence-electron chi connectivity index (χ1n) is 7.29. The van der Waals surface area contributed by atoms with Gasteiger partial charge in [-0.15, -0.1) is 0 Å². The minimum atomic E-state index is -1.19. The first-order valence-corrected chi connectivity index (χ1v) is 7.29. The van der Waals surface area contributed by atoms with E-state index in [9.17, 15) is 14.7 Å². The van der Waals surface area contributed by atoms with Crippen molar-refractivity contribution in [1.82, 2.24) is 0 Å². The molecule has 1 aliphatic carbocycles. The first kappa shape index (κ1) is 15.3. The van der Waals surface area contributed by atoms with Gasteiger partial charge in [-0.2, -0.15) is 0 Å². The third-order valence-corrected chi connectivity index (χ3v) is 4.18. The molecule has 1 aliphatic rings. The zero-order valence-electron chi connectivity index (χ0n) is 12.1. The summed E-state index contributed by atoms with van der Waals surface area (Å²) in [5, 5.41) is 18.6. The molecular weight excluding hydrogens is 268 g/mol. The van der Waals surface area contributed by atoms with E-state index in [1.165, 1.54) is 13.3 Å². The highest BCUT2D eigenvalue weighted by atomic mass is 16.4. The quantitative estimate of drug-likeness (QED) is 0.829. The summed E-state index contributed by atoms with van der Waals surface area (Å²) in [5.41, 5.74) is 1.31. The Bertz CT molecular complexity index is 580. The van der Waals surface area contributed by atoms with Gasteiger partial charge in [-0.05, 0) is 36.8 Å². The molecule has 0 unspecified atom stereocenters. The van der Waals surface area contributed by atoms with Gasteiger partial charge in [0.1, 0.15) is 0 Å². The molecule has 0 spiro atoms. The minimum Gasteiger partial charge on any atom is -0.478 e. The molecule has 2 N–H and O–H groups in total. The van der Waals surface area contributed by atoms with Crippen LogP contribution in [-0.4, -0.2) is 22.2 Å². The van der Waals surface area contributed by atoms with Crippen molar-refractivity contribution in [3.63, 3.8) is 0 Å². The maximum absolute atomic E-state index is 11.6. The average molecular weight is 288 g/mol. The lowest BCUT2D eigenvalue weighted by molar-refractivity contribution is -0.134. The summed E-state index contributed by atoms with van der Waals surface area (Å²) in [6.45, 7) is 1.35. The molecule has 4 nitrogen and oxygen atoms in total. The second-order valence-corrected chi connectivity index (χ2v) is 5.53. The number of carboxylic acids is 2. The molecule has 1 aromatic carbocycles. The first-order chi connectivity index (χ1) is 10.0. The van der Waals surface area contributed by atoms with Crippen LogP contribution in [0.25, 0.3) is 5.57 Å². The summed E-state index contributed by atoms with van der Waals surface area (Å²) in [6.07, 6.45) is 5.58. The van der Waals surface area contributed by atoms with Crippen molar-refractivity contribution in [2.45, 2.75) is 44.9 Å². The van der Waals surface area contributed by atoms with Crippen LogP contribution in [0.5, 0.6) is 0 Å². The molecule has 0 aliphatic heterocycles. The molecule has 1 aromatic rings. The summed E-state index contributed by atoms with van der Waals surface area (Å²) in [4.78, 5) is 22.7. The van der Waals surface area contributed by atoms with E-state index in [0.717, 1.165) is 31.2 Å². The van der Waals surface area contributed by atoms with Gasteiger partial charge in [-0.3, -0.25) is 0 Å². The summed E-state index contributed by atoms with van der Waals surface area (Å²) in [7, 11) is 0. The Labute approximate surface area is 124 Å². The summed E-state index contributed by atoms with van der Waals surface area (Å²) >= 11 is 0. The summed E-state index contributed by atoms with van der Waals surface area (Å²) in [6, 6.07) is 7.31. The molecule has 0 atom stereocenters. The normalized spacial score (nSPS) is 17.2. The van der Waals surface area contributed by atoms with Gasteiger partial charge in [0.25, 0.3) is 0 Å². The van der Waals surface area contributed by atoms with E-state index < -0.39 is 11.9 Å². The Balaban J connectivity index is 2.54. The fourth-order valence-corrected chi connectivity index (χ4v) is 3.08. The van der Waals surface area contributed by atoms with Gasteiger partial charge in [0, 0.05) is 5.57 Å². The van der Waals surface area contributed by atoms with Crippen LogP contribution in [0.2, 0.25) is 0 Å². The van der Waals surface area contributed by atoms with E-state index in [0.29, 0.717) is 11.5 Å². The third-order valence-electron chi connectivity index (χ3n) is 4.18. The number of aliphatic carboxylic acids is 2. The van der Waals surface area contributed by atoms with Crippen LogP contribution in [0, 0.1) is 0 Å². The molecule has 112 valence electrons. The highest BCUT2D eigenvalue weighted by molar-refractivity contribution is 6.21. The van der Waals surface area contributed by atoms with Crippen molar-refractivity contribution in [3.05, 3.63) is 41.0 Å². The monoisotopic (exact) mass is 288 g/mol. The molecule has 0 saturated heterocycles. The summed E-state index contributed by atoms with van der Waals surface area (Å²) < 4.78 is 0. The van der Waals surface area contributed by atoms with Crippen molar-refractivity contribution in [3.8, 4) is 0 Å². The number of hydrogen-bond donors (Lipinski definition) is 2. The van der Waals surface area contributed by atoms with Crippen LogP contribution in [0.3, 0.4) is 0 Å². The molecule has 0 radical (unpaired) electrons. The van der Waals surface area contributed by atoms with Crippen molar-refractivity contribution in [1.29, 1.82) is 0 Å². The summed E-state index contributed by atoms with van der Waals surface area (Å²) in [5.74, 6) is -2.05. The van der Waals surface area contributed by atoms with Crippen LogP contribution in [0.15, 0.2) is 29.8 Å². The predicted molar refractivity (Wildman–Crippen MR) is 80.1 cm³/mol. The third kappa shape index (κ3) is 3.32. The van der Waals surface area contributed by atoms with E-state index >= 15 is 0 Å². The SMILES string of the molecule is C/C(C(=O)O)=C(\C(=O)O)c1ccccc1C1CCCCC1. The van der Waals surface area contributed by atoms with E-state index in [2.05, 4.69) is 0 Å². The van der Waals surface area contributed by atoms with Crippen LogP contribution < -0.4 is 0 Å². The van der Waals surface area contributed by atoms with Gasteiger partial charge in [0.15, 0.2) is 0 Å². The van der Waals surface area contributed by atoms with Crippen molar-refractivity contribution >= 4 is 17.5 Å². The fourth-order valence-electron chi connectivity index (χ4n) is 3.08. The lowest BCUT2D eigenvalue weighted by Crippen LogP contribution is -2.13. The topological polar surface area (TPSA) is 74.6 Å². The van der Waals surface area contributed by atoms with Crippen LogP contribution >= 0.6 is 0 Å². The van der Waals surface area contributed by atoms with Crippen molar-refractivity contribution < 1.29 is 19.8 Å². The fraction of sp³-hybridized carbons (Fsp3) is 0.412. The van der Waals surface area contributed by atoms with Crippen molar-refractivity contribution in [2.24, 2.45) is 0 Å². The van der Waals surface area contributed by atoms with Crippen LogP contribution in [0.4, 0.5) is 0 Å². The highest BCUT2D eigenvalue weighted by Crippen LogP contribution is 2.37. The molecule has 0 heterocycles. The second-order valence-electron chi connectivity index (χ2n) is 5.53. The zero-order valence-corrected chi connectivity index (χ0v) is 12.1. The molecule has 0 aromatic heterocycles. The van der Waals surface area contributed by atoms with Gasteiger partial charge >= 0.3 is 11.9 Å². The second kappa shape index (κ2) is 6.57. The van der Waals surface area contributed by atoms with E-state index in [1.54, 1.807) is 12.1 Å². The maximum Gasteiger partial charge on any atom is 0.336 e. The molecular formula is C17H20O4. The predicted octanol–water partition coefficient (Wildman–Crippen LogP) is 3.68. The van der Waals surface area contributed by atoms with Gasteiger partial charge in [0.05, 0.1) is 5.57 Å². The lowest BCUT2D eigenvalue weighted by Gasteiger charge is -2.24. The Hall–Kier alpha value is -2.10. The smallest absolute Gasteiger partial charge is 0.336 e. The molecule has 1 saturated carbocycles. The number of benzene rings is 1. The number of carbonyl (C=O) groups is 2. The highest BCUT2D eigenvalue weighted by Gasteiger charge is 2.25. The largest absolute Gasteiger partial charge is 0.478 e.